The Morgan fingerprint density at radius 1 is 1.48 bits per heavy atom. The van der Waals surface area contributed by atoms with Crippen molar-refractivity contribution in [3.8, 4) is 6.07 Å². The van der Waals surface area contributed by atoms with Gasteiger partial charge >= 0.3 is 0 Å². The average molecular weight is 288 g/mol. The minimum atomic E-state index is 0.0526. The van der Waals surface area contributed by atoms with Crippen LogP contribution in [-0.4, -0.2) is 55.7 Å². The Labute approximate surface area is 124 Å². The number of nitriles is 1. The largest absolute Gasteiger partial charge is 0.378 e. The van der Waals surface area contributed by atoms with Crippen molar-refractivity contribution in [3.63, 3.8) is 0 Å². The molecule has 0 N–H and O–H groups in total. The van der Waals surface area contributed by atoms with Gasteiger partial charge in [-0.25, -0.2) is 0 Å². The molecule has 0 atom stereocenters. The fourth-order valence-corrected chi connectivity index (χ4v) is 2.45. The quantitative estimate of drug-likeness (QED) is 0.825. The summed E-state index contributed by atoms with van der Waals surface area (Å²) in [6.07, 6.45) is 0. The summed E-state index contributed by atoms with van der Waals surface area (Å²) >= 11 is 0. The van der Waals surface area contributed by atoms with E-state index in [1.807, 2.05) is 31.9 Å². The Balaban J connectivity index is 2.15. The molecule has 1 aliphatic rings. The van der Waals surface area contributed by atoms with E-state index in [1.54, 1.807) is 4.90 Å². The second-order valence-corrected chi connectivity index (χ2v) is 5.20. The number of morpholine rings is 1. The van der Waals surface area contributed by atoms with Crippen LogP contribution in [0, 0.1) is 25.2 Å². The van der Waals surface area contributed by atoms with Crippen molar-refractivity contribution in [2.24, 2.45) is 0 Å². The molecule has 0 bridgehead atoms. The number of rotatable bonds is 3. The summed E-state index contributed by atoms with van der Waals surface area (Å²) in [5.41, 5.74) is 2.81. The van der Waals surface area contributed by atoms with Crippen LogP contribution in [0.25, 0.3) is 0 Å². The molecule has 1 amide bonds. The molecule has 6 nitrogen and oxygen atoms in total. The standard InChI is InChI=1S/C15H20N4O2/c1-11-8-14(13(9-16)12(2)17-11)18(3)10-15(20)19-4-6-21-7-5-19/h8H,4-7,10H2,1-3H3. The Morgan fingerprint density at radius 2 is 2.14 bits per heavy atom. The third kappa shape index (κ3) is 3.50. The summed E-state index contributed by atoms with van der Waals surface area (Å²) in [5, 5.41) is 9.29. The maximum absolute atomic E-state index is 12.3. The number of aromatic nitrogens is 1. The van der Waals surface area contributed by atoms with E-state index in [4.69, 9.17) is 4.74 Å². The first-order valence-electron chi connectivity index (χ1n) is 6.98. The first-order chi connectivity index (χ1) is 10.0. The van der Waals surface area contributed by atoms with Crippen molar-refractivity contribution in [1.29, 1.82) is 5.26 Å². The highest BCUT2D eigenvalue weighted by atomic mass is 16.5. The molecule has 0 radical (unpaired) electrons. The van der Waals surface area contributed by atoms with Gasteiger partial charge in [-0.15, -0.1) is 0 Å². The van der Waals surface area contributed by atoms with Crippen molar-refractivity contribution < 1.29 is 9.53 Å². The molecule has 2 rings (SSSR count). The van der Waals surface area contributed by atoms with Gasteiger partial charge in [0.05, 0.1) is 36.7 Å². The van der Waals surface area contributed by atoms with Crippen LogP contribution in [0.15, 0.2) is 6.07 Å². The molecule has 1 saturated heterocycles. The second-order valence-electron chi connectivity index (χ2n) is 5.20. The average Bonchev–Trinajstić information content (AvgIpc) is 2.47. The predicted molar refractivity (Wildman–Crippen MR) is 79.1 cm³/mol. The number of pyridine rings is 1. The first-order valence-corrected chi connectivity index (χ1v) is 6.98. The lowest BCUT2D eigenvalue weighted by Crippen LogP contribution is -2.45. The van der Waals surface area contributed by atoms with E-state index in [0.29, 0.717) is 37.6 Å². The molecular weight excluding hydrogens is 268 g/mol. The minimum absolute atomic E-state index is 0.0526. The van der Waals surface area contributed by atoms with Gasteiger partial charge in [-0.05, 0) is 19.9 Å². The van der Waals surface area contributed by atoms with Crippen LogP contribution >= 0.6 is 0 Å². The maximum Gasteiger partial charge on any atom is 0.242 e. The van der Waals surface area contributed by atoms with Crippen molar-refractivity contribution in [2.75, 3.05) is 44.8 Å². The van der Waals surface area contributed by atoms with Gasteiger partial charge < -0.3 is 14.5 Å². The molecule has 2 heterocycles. The summed E-state index contributed by atoms with van der Waals surface area (Å²) < 4.78 is 5.25. The van der Waals surface area contributed by atoms with Gasteiger partial charge in [-0.3, -0.25) is 9.78 Å². The highest BCUT2D eigenvalue weighted by molar-refractivity contribution is 5.82. The summed E-state index contributed by atoms with van der Waals surface area (Å²) in [7, 11) is 1.83. The van der Waals surface area contributed by atoms with Crippen molar-refractivity contribution in [3.05, 3.63) is 23.0 Å². The molecule has 0 aliphatic carbocycles. The van der Waals surface area contributed by atoms with Gasteiger partial charge in [0, 0.05) is 25.8 Å². The molecule has 1 aliphatic heterocycles. The van der Waals surface area contributed by atoms with Gasteiger partial charge in [-0.2, -0.15) is 5.26 Å². The van der Waals surface area contributed by atoms with E-state index in [-0.39, 0.29) is 12.5 Å². The SMILES string of the molecule is Cc1cc(N(C)CC(=O)N2CCOCC2)c(C#N)c(C)n1. The van der Waals surface area contributed by atoms with Gasteiger partial charge in [0.2, 0.25) is 5.91 Å². The zero-order chi connectivity index (χ0) is 15.4. The third-order valence-electron chi connectivity index (χ3n) is 3.57. The number of hydrogen-bond donors (Lipinski definition) is 0. The number of anilines is 1. The molecule has 1 aromatic rings. The second kappa shape index (κ2) is 6.55. The van der Waals surface area contributed by atoms with Crippen molar-refractivity contribution in [2.45, 2.75) is 13.8 Å². The van der Waals surface area contributed by atoms with Crippen LogP contribution in [-0.2, 0) is 9.53 Å². The molecule has 0 unspecified atom stereocenters. The number of hydrogen-bond acceptors (Lipinski definition) is 5. The van der Waals surface area contributed by atoms with Gasteiger partial charge in [0.25, 0.3) is 0 Å². The van der Waals surface area contributed by atoms with Crippen LogP contribution in [0.4, 0.5) is 5.69 Å². The number of likely N-dealkylation sites (N-methyl/N-ethyl adjacent to an activating group) is 1. The molecule has 1 aromatic heterocycles. The lowest BCUT2D eigenvalue weighted by molar-refractivity contribution is -0.133. The van der Waals surface area contributed by atoms with E-state index in [9.17, 15) is 10.1 Å². The summed E-state index contributed by atoms with van der Waals surface area (Å²) in [6, 6.07) is 4.02. The number of ether oxygens (including phenoxy) is 1. The fraction of sp³-hybridized carbons (Fsp3) is 0.533. The molecule has 6 heteroatoms. The highest BCUT2D eigenvalue weighted by Gasteiger charge is 2.20. The molecular formula is C15H20N4O2. The van der Waals surface area contributed by atoms with E-state index < -0.39 is 0 Å². The molecule has 1 fully saturated rings. The minimum Gasteiger partial charge on any atom is -0.378 e. The van der Waals surface area contributed by atoms with Crippen molar-refractivity contribution in [1.82, 2.24) is 9.88 Å². The lowest BCUT2D eigenvalue weighted by atomic mass is 10.1. The van der Waals surface area contributed by atoms with E-state index >= 15 is 0 Å². The summed E-state index contributed by atoms with van der Waals surface area (Å²) in [6.45, 7) is 6.39. The molecule has 112 valence electrons. The van der Waals surface area contributed by atoms with Gasteiger partial charge in [-0.1, -0.05) is 0 Å². The van der Waals surface area contributed by atoms with E-state index in [1.165, 1.54) is 0 Å². The predicted octanol–water partition coefficient (Wildman–Crippen LogP) is 0.865. The monoisotopic (exact) mass is 288 g/mol. The summed E-state index contributed by atoms with van der Waals surface area (Å²) in [5.74, 6) is 0.0526. The van der Waals surface area contributed by atoms with Crippen LogP contribution in [0.2, 0.25) is 0 Å². The Kier molecular flexibility index (Phi) is 4.76. The smallest absolute Gasteiger partial charge is 0.242 e. The van der Waals surface area contributed by atoms with Crippen LogP contribution in [0.1, 0.15) is 17.0 Å². The number of aryl methyl sites for hydroxylation is 2. The fourth-order valence-electron chi connectivity index (χ4n) is 2.45. The summed E-state index contributed by atoms with van der Waals surface area (Å²) in [4.78, 5) is 20.2. The topological polar surface area (TPSA) is 69.5 Å². The van der Waals surface area contributed by atoms with Crippen molar-refractivity contribution >= 4 is 11.6 Å². The zero-order valence-electron chi connectivity index (χ0n) is 12.7. The van der Waals surface area contributed by atoms with Gasteiger partial charge in [0.15, 0.2) is 0 Å². The molecule has 0 saturated carbocycles. The number of carbonyl (C=O) groups is 1. The number of nitrogens with zero attached hydrogens (tertiary/aromatic N) is 4. The first kappa shape index (κ1) is 15.3. The molecule has 21 heavy (non-hydrogen) atoms. The number of amides is 1. The lowest BCUT2D eigenvalue weighted by Gasteiger charge is -2.29. The van der Waals surface area contributed by atoms with Crippen LogP contribution in [0.3, 0.4) is 0 Å². The van der Waals surface area contributed by atoms with Crippen LogP contribution in [0.5, 0.6) is 0 Å². The zero-order valence-corrected chi connectivity index (χ0v) is 12.7. The Morgan fingerprint density at radius 3 is 2.76 bits per heavy atom. The molecule has 0 aromatic carbocycles. The highest BCUT2D eigenvalue weighted by Crippen LogP contribution is 2.22. The maximum atomic E-state index is 12.3. The van der Waals surface area contributed by atoms with E-state index in [2.05, 4.69) is 11.1 Å². The molecule has 0 spiro atoms. The normalized spacial score (nSPS) is 14.7. The Bertz CT molecular complexity index is 574. The number of carbonyl (C=O) groups excluding carboxylic acids is 1. The van der Waals surface area contributed by atoms with Crippen LogP contribution < -0.4 is 4.90 Å². The van der Waals surface area contributed by atoms with Gasteiger partial charge in [0.1, 0.15) is 6.07 Å². The Hall–Kier alpha value is -2.13. The third-order valence-corrected chi connectivity index (χ3v) is 3.57. The van der Waals surface area contributed by atoms with E-state index in [0.717, 1.165) is 11.4 Å².